The molecular formula is C25H34N4O4. The largest absolute Gasteiger partial charge is 0.388 e. The number of nitrogens with zero attached hydrogens (tertiary/aromatic N) is 2. The fourth-order valence-electron chi connectivity index (χ4n) is 4.32. The first-order valence-electron chi connectivity index (χ1n) is 11.6. The molecule has 1 aromatic heterocycles. The Balaban J connectivity index is 1.39. The van der Waals surface area contributed by atoms with Gasteiger partial charge in [-0.3, -0.25) is 9.69 Å². The minimum Gasteiger partial charge on any atom is -0.388 e. The zero-order valence-electron chi connectivity index (χ0n) is 19.4. The average Bonchev–Trinajstić information content (AvgIpc) is 2.80. The summed E-state index contributed by atoms with van der Waals surface area (Å²) >= 11 is 0. The molecular weight excluding hydrogens is 420 g/mol. The fraction of sp³-hybridized carbons (Fsp3) is 0.520. The molecule has 2 fully saturated rings. The summed E-state index contributed by atoms with van der Waals surface area (Å²) in [5, 5.41) is 13.1. The molecule has 0 bridgehead atoms. The van der Waals surface area contributed by atoms with Crippen molar-refractivity contribution in [2.75, 3.05) is 38.6 Å². The first-order chi connectivity index (χ1) is 15.8. The number of hydrogen-bond acceptors (Lipinski definition) is 7. The van der Waals surface area contributed by atoms with Crippen LogP contribution < -0.4 is 11.1 Å². The van der Waals surface area contributed by atoms with Gasteiger partial charge in [-0.25, -0.2) is 4.98 Å². The zero-order valence-corrected chi connectivity index (χ0v) is 19.4. The lowest BCUT2D eigenvalue weighted by Crippen LogP contribution is -2.48. The van der Waals surface area contributed by atoms with Crippen molar-refractivity contribution >= 4 is 11.7 Å². The maximum absolute atomic E-state index is 12.9. The number of rotatable bonds is 6. The van der Waals surface area contributed by atoms with Gasteiger partial charge in [-0.1, -0.05) is 24.3 Å². The maximum atomic E-state index is 12.9. The van der Waals surface area contributed by atoms with Gasteiger partial charge in [-0.05, 0) is 43.9 Å². The number of nitrogens with one attached hydrogen (secondary N) is 1. The Morgan fingerprint density at radius 1 is 1.21 bits per heavy atom. The van der Waals surface area contributed by atoms with Crippen LogP contribution in [-0.2, 0) is 16.0 Å². The van der Waals surface area contributed by atoms with E-state index in [4.69, 9.17) is 15.2 Å². The Bertz CT molecular complexity index is 944. The maximum Gasteiger partial charge on any atom is 0.255 e. The first-order valence-corrected chi connectivity index (χ1v) is 11.6. The quantitative estimate of drug-likeness (QED) is 0.614. The van der Waals surface area contributed by atoms with Crippen LogP contribution in [0.5, 0.6) is 0 Å². The van der Waals surface area contributed by atoms with Crippen molar-refractivity contribution in [1.82, 2.24) is 15.2 Å². The van der Waals surface area contributed by atoms with Gasteiger partial charge in [0.05, 0.1) is 43.1 Å². The lowest BCUT2D eigenvalue weighted by Gasteiger charge is -2.36. The summed E-state index contributed by atoms with van der Waals surface area (Å²) in [5.74, 6) is -0.0626. The number of carbonyl (C=O) groups is 1. The molecule has 2 aromatic rings. The molecule has 2 atom stereocenters. The smallest absolute Gasteiger partial charge is 0.255 e. The number of morpholine rings is 1. The van der Waals surface area contributed by atoms with Crippen molar-refractivity contribution in [3.05, 3.63) is 47.7 Å². The molecule has 0 spiro atoms. The van der Waals surface area contributed by atoms with E-state index >= 15 is 0 Å². The van der Waals surface area contributed by atoms with Crippen LogP contribution in [0.4, 0.5) is 5.82 Å². The van der Waals surface area contributed by atoms with Crippen LogP contribution in [0, 0.1) is 0 Å². The number of amides is 1. The van der Waals surface area contributed by atoms with Crippen LogP contribution >= 0.6 is 0 Å². The van der Waals surface area contributed by atoms with Gasteiger partial charge in [0.1, 0.15) is 5.82 Å². The number of aromatic nitrogens is 1. The normalized spacial score (nSPS) is 22.2. The van der Waals surface area contributed by atoms with Crippen LogP contribution in [0.3, 0.4) is 0 Å². The number of benzene rings is 1. The lowest BCUT2D eigenvalue weighted by atomic mass is 9.93. The van der Waals surface area contributed by atoms with E-state index in [1.54, 1.807) is 26.1 Å². The van der Waals surface area contributed by atoms with Crippen LogP contribution in [0.1, 0.15) is 42.6 Å². The van der Waals surface area contributed by atoms with Crippen LogP contribution in [0.2, 0.25) is 0 Å². The van der Waals surface area contributed by atoms with Crippen molar-refractivity contribution in [2.45, 2.75) is 51.0 Å². The standard InChI is InChI=1S/C25H34N4O4/c1-25(2,31)22-8-7-20(16-33-22)28-24(30)21-13-19(14-27-23(21)26)18-5-3-17(4-6-18)15-29-9-11-32-12-10-29/h3-6,13-14,20,22,31H,7-12,15-16H2,1-2H3,(H2,26,27)(H,28,30)/t20-,22+/m1/s1. The van der Waals surface area contributed by atoms with Gasteiger partial charge in [0.15, 0.2) is 0 Å². The van der Waals surface area contributed by atoms with E-state index < -0.39 is 5.60 Å². The Morgan fingerprint density at radius 3 is 2.58 bits per heavy atom. The topological polar surface area (TPSA) is 110 Å². The summed E-state index contributed by atoms with van der Waals surface area (Å²) in [6.45, 7) is 8.21. The highest BCUT2D eigenvalue weighted by Gasteiger charge is 2.33. The van der Waals surface area contributed by atoms with Crippen molar-refractivity contribution in [3.63, 3.8) is 0 Å². The van der Waals surface area contributed by atoms with E-state index in [1.807, 2.05) is 0 Å². The minimum atomic E-state index is -0.893. The van der Waals surface area contributed by atoms with Crippen LogP contribution in [0.15, 0.2) is 36.5 Å². The van der Waals surface area contributed by atoms with E-state index in [0.717, 1.165) is 50.4 Å². The van der Waals surface area contributed by atoms with E-state index in [2.05, 4.69) is 39.5 Å². The predicted molar refractivity (Wildman–Crippen MR) is 127 cm³/mol. The van der Waals surface area contributed by atoms with Gasteiger partial charge >= 0.3 is 0 Å². The van der Waals surface area contributed by atoms with Crippen LogP contribution in [-0.4, -0.2) is 71.6 Å². The molecule has 178 valence electrons. The molecule has 1 aromatic carbocycles. The third kappa shape index (κ3) is 6.09. The molecule has 0 unspecified atom stereocenters. The van der Waals surface area contributed by atoms with Gasteiger partial charge in [-0.15, -0.1) is 0 Å². The highest BCUT2D eigenvalue weighted by molar-refractivity contribution is 5.99. The van der Waals surface area contributed by atoms with Crippen molar-refractivity contribution in [3.8, 4) is 11.1 Å². The Morgan fingerprint density at radius 2 is 1.94 bits per heavy atom. The van der Waals surface area contributed by atoms with Gasteiger partial charge in [0, 0.05) is 31.4 Å². The highest BCUT2D eigenvalue weighted by Crippen LogP contribution is 2.25. The number of nitrogens with two attached hydrogens (primary N) is 1. The summed E-state index contributed by atoms with van der Waals surface area (Å²) in [5.41, 5.74) is 8.56. The number of pyridine rings is 1. The molecule has 2 saturated heterocycles. The first kappa shape index (κ1) is 23.6. The van der Waals surface area contributed by atoms with Crippen molar-refractivity contribution in [2.24, 2.45) is 0 Å². The van der Waals surface area contributed by atoms with Crippen molar-refractivity contribution < 1.29 is 19.4 Å². The second kappa shape index (κ2) is 10.2. The molecule has 0 aliphatic carbocycles. The Kier molecular flexibility index (Phi) is 7.29. The second-order valence-corrected chi connectivity index (χ2v) is 9.47. The number of aliphatic hydroxyl groups is 1. The molecule has 3 heterocycles. The number of anilines is 1. The van der Waals surface area contributed by atoms with E-state index in [-0.39, 0.29) is 23.9 Å². The monoisotopic (exact) mass is 454 g/mol. The molecule has 33 heavy (non-hydrogen) atoms. The third-order valence-electron chi connectivity index (χ3n) is 6.36. The summed E-state index contributed by atoms with van der Waals surface area (Å²) in [6.07, 6.45) is 2.88. The summed E-state index contributed by atoms with van der Waals surface area (Å²) in [7, 11) is 0. The summed E-state index contributed by atoms with van der Waals surface area (Å²) in [6, 6.07) is 9.99. The molecule has 8 heteroatoms. The molecule has 0 saturated carbocycles. The number of carbonyl (C=O) groups excluding carboxylic acids is 1. The van der Waals surface area contributed by atoms with Gasteiger partial charge in [-0.2, -0.15) is 0 Å². The Hall–Kier alpha value is -2.52. The zero-order chi connectivity index (χ0) is 23.4. The predicted octanol–water partition coefficient (Wildman–Crippen LogP) is 2.21. The Labute approximate surface area is 195 Å². The SMILES string of the molecule is CC(C)(O)[C@@H]1CC[C@@H](NC(=O)c2cc(-c3ccc(CN4CCOCC4)cc3)cnc2N)CO1. The van der Waals surface area contributed by atoms with Crippen LogP contribution in [0.25, 0.3) is 11.1 Å². The molecule has 0 radical (unpaired) electrons. The molecule has 2 aliphatic heterocycles. The minimum absolute atomic E-state index is 0.126. The molecule has 4 N–H and O–H groups in total. The number of ether oxygens (including phenoxy) is 2. The molecule has 4 rings (SSSR count). The van der Waals surface area contributed by atoms with Gasteiger partial charge in [0.2, 0.25) is 0 Å². The number of hydrogen-bond donors (Lipinski definition) is 3. The second-order valence-electron chi connectivity index (χ2n) is 9.47. The number of nitrogen functional groups attached to an aromatic ring is 1. The summed E-state index contributed by atoms with van der Waals surface area (Å²) < 4.78 is 11.2. The summed E-state index contributed by atoms with van der Waals surface area (Å²) in [4.78, 5) is 19.6. The molecule has 8 nitrogen and oxygen atoms in total. The van der Waals surface area contributed by atoms with E-state index in [0.29, 0.717) is 18.6 Å². The van der Waals surface area contributed by atoms with E-state index in [1.165, 1.54) is 5.56 Å². The van der Waals surface area contributed by atoms with Gasteiger partial charge in [0.25, 0.3) is 5.91 Å². The lowest BCUT2D eigenvalue weighted by molar-refractivity contribution is -0.114. The molecule has 1 amide bonds. The van der Waals surface area contributed by atoms with Crippen molar-refractivity contribution in [1.29, 1.82) is 0 Å². The highest BCUT2D eigenvalue weighted by atomic mass is 16.5. The van der Waals surface area contributed by atoms with E-state index in [9.17, 15) is 9.90 Å². The molecule has 2 aliphatic rings. The van der Waals surface area contributed by atoms with Gasteiger partial charge < -0.3 is 25.6 Å². The third-order valence-corrected chi connectivity index (χ3v) is 6.36. The fourth-order valence-corrected chi connectivity index (χ4v) is 4.32. The average molecular weight is 455 g/mol.